The molecule has 2 fully saturated rings. The van der Waals surface area contributed by atoms with Crippen LogP contribution in [0.2, 0.25) is 0 Å². The second-order valence-electron chi connectivity index (χ2n) is 6.56. The van der Waals surface area contributed by atoms with Crippen LogP contribution in [0.25, 0.3) is 0 Å². The Morgan fingerprint density at radius 1 is 1.06 bits per heavy atom. The van der Waals surface area contributed by atoms with Crippen molar-refractivity contribution >= 4 is 5.97 Å². The molecule has 18 heavy (non-hydrogen) atoms. The Hall–Kier alpha value is -0.570. The molecule has 0 heterocycles. The Balaban J connectivity index is 1.76. The van der Waals surface area contributed by atoms with E-state index in [-0.39, 0.29) is 5.92 Å². The predicted molar refractivity (Wildman–Crippen MR) is 72.5 cm³/mol. The van der Waals surface area contributed by atoms with Crippen molar-refractivity contribution in [2.45, 2.75) is 70.9 Å². The Morgan fingerprint density at radius 2 is 1.72 bits per heavy atom. The van der Waals surface area contributed by atoms with Crippen LogP contribution in [0.5, 0.6) is 0 Å². The summed E-state index contributed by atoms with van der Waals surface area (Å²) >= 11 is 0. The highest BCUT2D eigenvalue weighted by Gasteiger charge is 2.30. The van der Waals surface area contributed by atoms with E-state index in [9.17, 15) is 4.79 Å². The SMILES string of the molecule is CC1CCC(NC2CCC(C(=O)O)CC2)C(C)C1. The van der Waals surface area contributed by atoms with Crippen LogP contribution in [-0.2, 0) is 4.79 Å². The van der Waals surface area contributed by atoms with Crippen molar-refractivity contribution < 1.29 is 9.90 Å². The van der Waals surface area contributed by atoms with E-state index in [4.69, 9.17) is 5.11 Å². The maximum Gasteiger partial charge on any atom is 0.306 e. The topological polar surface area (TPSA) is 49.3 Å². The minimum absolute atomic E-state index is 0.0909. The van der Waals surface area contributed by atoms with Gasteiger partial charge < -0.3 is 10.4 Å². The van der Waals surface area contributed by atoms with Crippen LogP contribution in [0, 0.1) is 17.8 Å². The Morgan fingerprint density at radius 3 is 2.28 bits per heavy atom. The molecule has 0 radical (unpaired) electrons. The molecule has 104 valence electrons. The van der Waals surface area contributed by atoms with Gasteiger partial charge >= 0.3 is 5.97 Å². The van der Waals surface area contributed by atoms with Crippen LogP contribution < -0.4 is 5.32 Å². The average Bonchev–Trinajstić information content (AvgIpc) is 2.33. The van der Waals surface area contributed by atoms with Crippen LogP contribution >= 0.6 is 0 Å². The highest BCUT2D eigenvalue weighted by atomic mass is 16.4. The second kappa shape index (κ2) is 6.05. The van der Waals surface area contributed by atoms with Crippen LogP contribution in [0.4, 0.5) is 0 Å². The summed E-state index contributed by atoms with van der Waals surface area (Å²) < 4.78 is 0. The molecule has 0 aromatic heterocycles. The fraction of sp³-hybridized carbons (Fsp3) is 0.933. The quantitative estimate of drug-likeness (QED) is 0.812. The molecular weight excluding hydrogens is 226 g/mol. The minimum Gasteiger partial charge on any atom is -0.481 e. The molecule has 0 aromatic rings. The molecule has 2 saturated carbocycles. The molecule has 0 aromatic carbocycles. The van der Waals surface area contributed by atoms with Crippen LogP contribution in [-0.4, -0.2) is 23.2 Å². The zero-order valence-corrected chi connectivity index (χ0v) is 11.7. The Labute approximate surface area is 110 Å². The molecule has 0 amide bonds. The fourth-order valence-corrected chi connectivity index (χ4v) is 3.72. The maximum atomic E-state index is 10.9. The molecule has 2 rings (SSSR count). The highest BCUT2D eigenvalue weighted by molar-refractivity contribution is 5.70. The van der Waals surface area contributed by atoms with Crippen molar-refractivity contribution in [2.75, 3.05) is 0 Å². The summed E-state index contributed by atoms with van der Waals surface area (Å²) in [5.74, 6) is 0.951. The van der Waals surface area contributed by atoms with Crippen molar-refractivity contribution in [1.29, 1.82) is 0 Å². The summed E-state index contributed by atoms with van der Waals surface area (Å²) in [6, 6.07) is 1.22. The van der Waals surface area contributed by atoms with Gasteiger partial charge in [-0.2, -0.15) is 0 Å². The fourth-order valence-electron chi connectivity index (χ4n) is 3.72. The normalized spacial score (nSPS) is 41.6. The number of nitrogens with one attached hydrogen (secondary N) is 1. The van der Waals surface area contributed by atoms with Crippen LogP contribution in [0.3, 0.4) is 0 Å². The number of carbonyl (C=O) groups is 1. The predicted octanol–water partition coefficient (Wildman–Crippen LogP) is 3.04. The van der Waals surface area contributed by atoms with E-state index in [2.05, 4.69) is 19.2 Å². The molecule has 2 aliphatic carbocycles. The average molecular weight is 253 g/mol. The number of rotatable bonds is 3. The summed E-state index contributed by atoms with van der Waals surface area (Å²) in [6.07, 6.45) is 7.75. The molecule has 0 spiro atoms. The van der Waals surface area contributed by atoms with Gasteiger partial charge in [0.05, 0.1) is 5.92 Å². The van der Waals surface area contributed by atoms with E-state index in [0.29, 0.717) is 12.1 Å². The van der Waals surface area contributed by atoms with Crippen molar-refractivity contribution in [2.24, 2.45) is 17.8 Å². The Bertz CT molecular complexity index is 284. The van der Waals surface area contributed by atoms with Crippen molar-refractivity contribution in [3.05, 3.63) is 0 Å². The number of carboxylic acids is 1. The van der Waals surface area contributed by atoms with Crippen LogP contribution in [0.15, 0.2) is 0 Å². The van der Waals surface area contributed by atoms with Gasteiger partial charge in [0.25, 0.3) is 0 Å². The third-order valence-corrected chi connectivity index (χ3v) is 4.96. The van der Waals surface area contributed by atoms with E-state index in [1.165, 1.54) is 19.3 Å². The first-order chi connectivity index (χ1) is 8.56. The molecule has 2 aliphatic rings. The lowest BCUT2D eigenvalue weighted by Gasteiger charge is -2.37. The largest absolute Gasteiger partial charge is 0.481 e. The summed E-state index contributed by atoms with van der Waals surface area (Å²) in [7, 11) is 0. The zero-order chi connectivity index (χ0) is 13.1. The molecule has 0 bridgehead atoms. The summed E-state index contributed by atoms with van der Waals surface area (Å²) in [5.41, 5.74) is 0. The zero-order valence-electron chi connectivity index (χ0n) is 11.7. The van der Waals surface area contributed by atoms with Crippen LogP contribution in [0.1, 0.15) is 58.8 Å². The van der Waals surface area contributed by atoms with E-state index in [0.717, 1.165) is 37.5 Å². The van der Waals surface area contributed by atoms with Gasteiger partial charge in [0.2, 0.25) is 0 Å². The molecule has 0 saturated heterocycles. The molecule has 3 unspecified atom stereocenters. The molecular formula is C15H27NO2. The van der Waals surface area contributed by atoms with Gasteiger partial charge in [0, 0.05) is 12.1 Å². The highest BCUT2D eigenvalue weighted by Crippen LogP contribution is 2.31. The number of aliphatic carboxylic acids is 1. The van der Waals surface area contributed by atoms with Crippen molar-refractivity contribution in [3.8, 4) is 0 Å². The first kappa shape index (κ1) is 13.9. The van der Waals surface area contributed by atoms with Crippen molar-refractivity contribution in [1.82, 2.24) is 5.32 Å². The van der Waals surface area contributed by atoms with Gasteiger partial charge in [0.1, 0.15) is 0 Å². The van der Waals surface area contributed by atoms with E-state index >= 15 is 0 Å². The van der Waals surface area contributed by atoms with Gasteiger partial charge in [-0.15, -0.1) is 0 Å². The number of carboxylic acid groups (broad SMARTS) is 1. The minimum atomic E-state index is -0.603. The lowest BCUT2D eigenvalue weighted by Crippen LogP contribution is -2.46. The monoisotopic (exact) mass is 253 g/mol. The lowest BCUT2D eigenvalue weighted by atomic mass is 9.78. The van der Waals surface area contributed by atoms with E-state index < -0.39 is 5.97 Å². The van der Waals surface area contributed by atoms with Gasteiger partial charge in [-0.3, -0.25) is 4.79 Å². The van der Waals surface area contributed by atoms with E-state index in [1.807, 2.05) is 0 Å². The molecule has 3 atom stereocenters. The first-order valence-corrected chi connectivity index (χ1v) is 7.55. The molecule has 3 heteroatoms. The van der Waals surface area contributed by atoms with Gasteiger partial charge in [-0.1, -0.05) is 13.8 Å². The standard InChI is InChI=1S/C15H27NO2/c1-10-3-8-14(11(2)9-10)16-13-6-4-12(5-7-13)15(17)18/h10-14,16H,3-9H2,1-2H3,(H,17,18). The second-order valence-corrected chi connectivity index (χ2v) is 6.56. The third-order valence-electron chi connectivity index (χ3n) is 4.96. The summed E-state index contributed by atoms with van der Waals surface area (Å²) in [4.78, 5) is 10.9. The van der Waals surface area contributed by atoms with Gasteiger partial charge in [0.15, 0.2) is 0 Å². The lowest BCUT2D eigenvalue weighted by molar-refractivity contribution is -0.142. The third kappa shape index (κ3) is 3.47. The van der Waals surface area contributed by atoms with E-state index in [1.54, 1.807) is 0 Å². The molecule has 2 N–H and O–H groups in total. The molecule has 3 nitrogen and oxygen atoms in total. The summed E-state index contributed by atoms with van der Waals surface area (Å²) in [6.45, 7) is 4.71. The van der Waals surface area contributed by atoms with Crippen molar-refractivity contribution in [3.63, 3.8) is 0 Å². The Kier molecular flexibility index (Phi) is 4.66. The first-order valence-electron chi connectivity index (χ1n) is 7.55. The smallest absolute Gasteiger partial charge is 0.306 e. The number of hydrogen-bond acceptors (Lipinski definition) is 2. The van der Waals surface area contributed by atoms with Gasteiger partial charge in [-0.25, -0.2) is 0 Å². The maximum absolute atomic E-state index is 10.9. The summed E-state index contributed by atoms with van der Waals surface area (Å²) in [5, 5.41) is 12.8. The molecule has 0 aliphatic heterocycles. The van der Waals surface area contributed by atoms with Gasteiger partial charge in [-0.05, 0) is 56.8 Å². The number of hydrogen-bond donors (Lipinski definition) is 2.